The van der Waals surface area contributed by atoms with Crippen LogP contribution in [0.15, 0.2) is 40.6 Å². The van der Waals surface area contributed by atoms with Gasteiger partial charge in [-0.05, 0) is 42.0 Å². The average molecular weight is 456 g/mol. The van der Waals surface area contributed by atoms with Crippen molar-refractivity contribution in [3.05, 3.63) is 46.2 Å². The third kappa shape index (κ3) is 4.28. The van der Waals surface area contributed by atoms with Gasteiger partial charge in [0.2, 0.25) is 10.0 Å². The highest BCUT2D eigenvalue weighted by molar-refractivity contribution is 8.19. The summed E-state index contributed by atoms with van der Waals surface area (Å²) in [5.41, 5.74) is 1.21. The first kappa shape index (κ1) is 20.3. The lowest BCUT2D eigenvalue weighted by Crippen LogP contribution is -2.36. The molecule has 5 nitrogen and oxygen atoms in total. The minimum absolute atomic E-state index is 0.0553. The highest BCUT2D eigenvalue weighted by atomic mass is 32.2. The highest BCUT2D eigenvalue weighted by Gasteiger charge is 2.31. The Hall–Kier alpha value is -1.00. The molecule has 3 heterocycles. The van der Waals surface area contributed by atoms with Gasteiger partial charge in [-0.2, -0.15) is 4.31 Å². The van der Waals surface area contributed by atoms with Crippen LogP contribution in [0.1, 0.15) is 39.1 Å². The molecule has 28 heavy (non-hydrogen) atoms. The molecular weight excluding hydrogens is 434 g/mol. The molecule has 2 saturated heterocycles. The Kier molecular flexibility index (Phi) is 6.37. The molecule has 0 spiro atoms. The molecule has 2 aliphatic heterocycles. The van der Waals surface area contributed by atoms with Gasteiger partial charge in [0, 0.05) is 24.6 Å². The van der Waals surface area contributed by atoms with Crippen molar-refractivity contribution in [2.75, 3.05) is 24.6 Å². The number of hydrogen-bond acceptors (Lipinski definition) is 7. The van der Waals surface area contributed by atoms with E-state index in [9.17, 15) is 13.2 Å². The van der Waals surface area contributed by atoms with Gasteiger partial charge in [0.1, 0.15) is 15.5 Å². The Bertz CT molecular complexity index is 927. The summed E-state index contributed by atoms with van der Waals surface area (Å²) < 4.78 is 33.3. The van der Waals surface area contributed by atoms with Crippen molar-refractivity contribution in [3.63, 3.8) is 0 Å². The molecule has 0 saturated carbocycles. The standard InChI is InChI=1S/C19H21NO4S4/c21-18(24-15-6-4-14(5-7-15)19-26-12-13-27-19)17-16(8-11-25-17)28(22,23)20-9-2-1-3-10-20/h4-8,11,19H,1-3,9-10,12-13H2. The van der Waals surface area contributed by atoms with E-state index >= 15 is 0 Å². The van der Waals surface area contributed by atoms with Gasteiger partial charge in [-0.3, -0.25) is 0 Å². The Balaban J connectivity index is 1.49. The van der Waals surface area contributed by atoms with Crippen molar-refractivity contribution in [1.29, 1.82) is 0 Å². The van der Waals surface area contributed by atoms with Gasteiger partial charge in [0.15, 0.2) is 0 Å². The van der Waals surface area contributed by atoms with Crippen molar-refractivity contribution in [2.45, 2.75) is 28.7 Å². The third-order valence-corrected chi connectivity index (χ3v) is 10.8. The van der Waals surface area contributed by atoms with E-state index in [0.717, 1.165) is 42.1 Å². The molecule has 0 N–H and O–H groups in total. The van der Waals surface area contributed by atoms with E-state index in [2.05, 4.69) is 0 Å². The molecule has 0 amide bonds. The first-order chi connectivity index (χ1) is 13.6. The summed E-state index contributed by atoms with van der Waals surface area (Å²) >= 11 is 4.94. The molecule has 1 aromatic heterocycles. The van der Waals surface area contributed by atoms with Gasteiger partial charge in [-0.25, -0.2) is 13.2 Å². The second-order valence-corrected chi connectivity index (χ2v) is 12.2. The summed E-state index contributed by atoms with van der Waals surface area (Å²) in [6.07, 6.45) is 2.75. The van der Waals surface area contributed by atoms with Crippen molar-refractivity contribution in [3.8, 4) is 5.75 Å². The second kappa shape index (κ2) is 8.79. The van der Waals surface area contributed by atoms with Crippen LogP contribution >= 0.6 is 34.9 Å². The Morgan fingerprint density at radius 2 is 1.68 bits per heavy atom. The van der Waals surface area contributed by atoms with Crippen LogP contribution in [-0.2, 0) is 10.0 Å². The molecule has 0 unspecified atom stereocenters. The number of esters is 1. The number of nitrogens with zero attached hydrogens (tertiary/aromatic N) is 1. The fourth-order valence-electron chi connectivity index (χ4n) is 3.29. The largest absolute Gasteiger partial charge is 0.422 e. The number of carbonyl (C=O) groups is 1. The SMILES string of the molecule is O=C(Oc1ccc(C2SCCS2)cc1)c1sccc1S(=O)(=O)N1CCCCC1. The Labute approximate surface area is 177 Å². The van der Waals surface area contributed by atoms with Gasteiger partial charge >= 0.3 is 5.97 Å². The summed E-state index contributed by atoms with van der Waals surface area (Å²) in [5, 5.41) is 1.63. The van der Waals surface area contributed by atoms with Crippen LogP contribution in [0, 0.1) is 0 Å². The molecule has 1 aromatic carbocycles. The molecule has 4 rings (SSSR count). The fraction of sp³-hybridized carbons (Fsp3) is 0.421. The van der Waals surface area contributed by atoms with E-state index in [1.54, 1.807) is 17.5 Å². The molecule has 0 radical (unpaired) electrons. The van der Waals surface area contributed by atoms with Crippen LogP contribution in [-0.4, -0.2) is 43.3 Å². The molecule has 0 aliphatic carbocycles. The lowest BCUT2D eigenvalue weighted by molar-refractivity contribution is 0.0736. The van der Waals surface area contributed by atoms with Gasteiger partial charge < -0.3 is 4.74 Å². The van der Waals surface area contributed by atoms with E-state index in [4.69, 9.17) is 4.74 Å². The summed E-state index contributed by atoms with van der Waals surface area (Å²) in [6.45, 7) is 1.01. The molecular formula is C19H21NO4S4. The lowest BCUT2D eigenvalue weighted by Gasteiger charge is -2.25. The number of rotatable bonds is 5. The molecule has 0 atom stereocenters. The van der Waals surface area contributed by atoms with Gasteiger partial charge in [-0.1, -0.05) is 18.6 Å². The van der Waals surface area contributed by atoms with Gasteiger partial charge in [0.25, 0.3) is 0 Å². The zero-order valence-corrected chi connectivity index (χ0v) is 18.5. The predicted molar refractivity (Wildman–Crippen MR) is 116 cm³/mol. The van der Waals surface area contributed by atoms with Crippen molar-refractivity contribution >= 4 is 50.9 Å². The second-order valence-electron chi connectivity index (χ2n) is 6.61. The Morgan fingerprint density at radius 1 is 1.00 bits per heavy atom. The molecule has 2 aliphatic rings. The number of benzene rings is 1. The maximum Gasteiger partial charge on any atom is 0.355 e. The molecule has 0 bridgehead atoms. The zero-order valence-electron chi connectivity index (χ0n) is 15.2. The number of hydrogen-bond donors (Lipinski definition) is 0. The minimum Gasteiger partial charge on any atom is -0.422 e. The first-order valence-corrected chi connectivity index (χ1v) is 13.6. The average Bonchev–Trinajstić information content (AvgIpc) is 3.42. The maximum absolute atomic E-state index is 12.9. The fourth-order valence-corrected chi connectivity index (χ4v) is 8.93. The van der Waals surface area contributed by atoms with Crippen molar-refractivity contribution in [1.82, 2.24) is 4.31 Å². The molecule has 150 valence electrons. The first-order valence-electron chi connectivity index (χ1n) is 9.19. The summed E-state index contributed by atoms with van der Waals surface area (Å²) in [4.78, 5) is 12.9. The van der Waals surface area contributed by atoms with Crippen LogP contribution in [0.2, 0.25) is 0 Å². The topological polar surface area (TPSA) is 63.7 Å². The highest BCUT2D eigenvalue weighted by Crippen LogP contribution is 2.45. The lowest BCUT2D eigenvalue weighted by atomic mass is 10.2. The number of thioether (sulfide) groups is 2. The predicted octanol–water partition coefficient (Wildman–Crippen LogP) is 4.62. The van der Waals surface area contributed by atoms with Crippen LogP contribution in [0.3, 0.4) is 0 Å². The van der Waals surface area contributed by atoms with Crippen LogP contribution in [0.25, 0.3) is 0 Å². The van der Waals surface area contributed by atoms with E-state index in [1.165, 1.54) is 15.9 Å². The summed E-state index contributed by atoms with van der Waals surface area (Å²) in [7, 11) is -3.67. The summed E-state index contributed by atoms with van der Waals surface area (Å²) in [6, 6.07) is 9.00. The maximum atomic E-state index is 12.9. The molecule has 2 fully saturated rings. The minimum atomic E-state index is -3.67. The number of carbonyl (C=O) groups excluding carboxylic acids is 1. The van der Waals surface area contributed by atoms with Crippen LogP contribution in [0.5, 0.6) is 5.75 Å². The van der Waals surface area contributed by atoms with Crippen LogP contribution < -0.4 is 4.74 Å². The van der Waals surface area contributed by atoms with Crippen molar-refractivity contribution < 1.29 is 17.9 Å². The smallest absolute Gasteiger partial charge is 0.355 e. The zero-order chi connectivity index (χ0) is 19.6. The molecule has 2 aromatic rings. The van der Waals surface area contributed by atoms with Gasteiger partial charge in [0.05, 0.1) is 4.58 Å². The van der Waals surface area contributed by atoms with Crippen LogP contribution in [0.4, 0.5) is 0 Å². The number of sulfonamides is 1. The van der Waals surface area contributed by atoms with E-state index in [-0.39, 0.29) is 9.77 Å². The Morgan fingerprint density at radius 3 is 2.36 bits per heavy atom. The summed E-state index contributed by atoms with van der Waals surface area (Å²) in [5.74, 6) is 2.11. The number of piperidine rings is 1. The van der Waals surface area contributed by atoms with E-state index in [1.807, 2.05) is 35.7 Å². The monoisotopic (exact) mass is 455 g/mol. The third-order valence-electron chi connectivity index (χ3n) is 4.73. The molecule has 9 heteroatoms. The van der Waals surface area contributed by atoms with E-state index in [0.29, 0.717) is 23.4 Å². The van der Waals surface area contributed by atoms with E-state index < -0.39 is 16.0 Å². The van der Waals surface area contributed by atoms with Crippen molar-refractivity contribution in [2.24, 2.45) is 0 Å². The van der Waals surface area contributed by atoms with Gasteiger partial charge in [-0.15, -0.1) is 34.9 Å². The number of ether oxygens (including phenoxy) is 1. The quantitative estimate of drug-likeness (QED) is 0.484. The number of thiophene rings is 1. The normalized spacial score (nSPS) is 19.0.